The minimum Gasteiger partial charge on any atom is -0.492 e. The quantitative estimate of drug-likeness (QED) is 0.849. The van der Waals surface area contributed by atoms with Crippen LogP contribution in [0.15, 0.2) is 48.5 Å². The average Bonchev–Trinajstić information content (AvgIpc) is 2.49. The smallest absolute Gasteiger partial charge is 0.119 e. The second-order valence-corrected chi connectivity index (χ2v) is 5.29. The van der Waals surface area contributed by atoms with Gasteiger partial charge in [-0.3, -0.25) is 0 Å². The van der Waals surface area contributed by atoms with Gasteiger partial charge in [0.2, 0.25) is 0 Å². The first-order valence-electron chi connectivity index (χ1n) is 7.38. The van der Waals surface area contributed by atoms with Crippen LogP contribution in [0.25, 0.3) is 0 Å². The molecule has 21 heavy (non-hydrogen) atoms. The van der Waals surface area contributed by atoms with E-state index in [0.29, 0.717) is 13.2 Å². The fourth-order valence-electron chi connectivity index (χ4n) is 2.21. The maximum Gasteiger partial charge on any atom is 0.119 e. The third-order valence-corrected chi connectivity index (χ3v) is 3.49. The number of benzene rings is 2. The summed E-state index contributed by atoms with van der Waals surface area (Å²) >= 11 is 0. The normalized spacial score (nSPS) is 10.4. The molecule has 0 heterocycles. The minimum absolute atomic E-state index is 0.667. The number of anilines is 1. The van der Waals surface area contributed by atoms with Gasteiger partial charge >= 0.3 is 0 Å². The van der Waals surface area contributed by atoms with Crippen LogP contribution in [-0.4, -0.2) is 26.7 Å². The second-order valence-electron chi connectivity index (χ2n) is 5.29. The summed E-state index contributed by atoms with van der Waals surface area (Å²) in [7, 11) is 2.09. The standard InChI is InChI=1S/C18H24N2O/c1-15-4-3-5-17(14-15)20(2)12-13-21-18-8-6-16(7-9-18)10-11-19/h3-9,14H,10-13,19H2,1-2H3. The molecule has 0 atom stereocenters. The van der Waals surface area contributed by atoms with Gasteiger partial charge in [-0.05, 0) is 55.3 Å². The first-order valence-corrected chi connectivity index (χ1v) is 7.38. The Morgan fingerprint density at radius 2 is 1.86 bits per heavy atom. The summed E-state index contributed by atoms with van der Waals surface area (Å²) in [6, 6.07) is 16.7. The Morgan fingerprint density at radius 3 is 2.52 bits per heavy atom. The van der Waals surface area contributed by atoms with Crippen LogP contribution in [0.1, 0.15) is 11.1 Å². The van der Waals surface area contributed by atoms with Crippen molar-refractivity contribution in [2.45, 2.75) is 13.3 Å². The Kier molecular flexibility index (Phi) is 5.64. The van der Waals surface area contributed by atoms with Gasteiger partial charge in [0.1, 0.15) is 12.4 Å². The lowest BCUT2D eigenvalue weighted by atomic mass is 10.1. The van der Waals surface area contributed by atoms with Gasteiger partial charge in [-0.25, -0.2) is 0 Å². The number of rotatable bonds is 7. The van der Waals surface area contributed by atoms with Crippen molar-refractivity contribution in [2.75, 3.05) is 31.6 Å². The molecule has 3 heteroatoms. The predicted molar refractivity (Wildman–Crippen MR) is 89.1 cm³/mol. The van der Waals surface area contributed by atoms with Crippen molar-refractivity contribution in [1.29, 1.82) is 0 Å². The van der Waals surface area contributed by atoms with Gasteiger partial charge < -0.3 is 15.4 Å². The molecule has 0 amide bonds. The number of hydrogen-bond donors (Lipinski definition) is 1. The molecule has 0 unspecified atom stereocenters. The van der Waals surface area contributed by atoms with E-state index in [1.54, 1.807) is 0 Å². The largest absolute Gasteiger partial charge is 0.492 e. The lowest BCUT2D eigenvalue weighted by Gasteiger charge is -2.20. The van der Waals surface area contributed by atoms with Crippen molar-refractivity contribution in [3.8, 4) is 5.75 Å². The molecule has 0 aliphatic heterocycles. The van der Waals surface area contributed by atoms with E-state index in [9.17, 15) is 0 Å². The molecular weight excluding hydrogens is 260 g/mol. The number of ether oxygens (including phenoxy) is 1. The van der Waals surface area contributed by atoms with E-state index in [0.717, 1.165) is 18.7 Å². The zero-order valence-corrected chi connectivity index (χ0v) is 12.9. The summed E-state index contributed by atoms with van der Waals surface area (Å²) in [6.07, 6.45) is 0.913. The molecule has 2 rings (SSSR count). The van der Waals surface area contributed by atoms with Crippen LogP contribution in [0.5, 0.6) is 5.75 Å². The third-order valence-electron chi connectivity index (χ3n) is 3.49. The molecule has 0 spiro atoms. The monoisotopic (exact) mass is 284 g/mol. The molecule has 2 aromatic rings. The predicted octanol–water partition coefficient (Wildman–Crippen LogP) is 3.01. The zero-order valence-electron chi connectivity index (χ0n) is 12.9. The summed E-state index contributed by atoms with van der Waals surface area (Å²) in [5, 5.41) is 0. The Balaban J connectivity index is 1.81. The van der Waals surface area contributed by atoms with Crippen LogP contribution in [0.4, 0.5) is 5.69 Å². The van der Waals surface area contributed by atoms with Gasteiger partial charge in [0, 0.05) is 12.7 Å². The van der Waals surface area contributed by atoms with Crippen LogP contribution in [0.2, 0.25) is 0 Å². The van der Waals surface area contributed by atoms with E-state index in [-0.39, 0.29) is 0 Å². The molecular formula is C18H24N2O. The van der Waals surface area contributed by atoms with E-state index < -0.39 is 0 Å². The lowest BCUT2D eigenvalue weighted by Crippen LogP contribution is -2.23. The molecule has 3 nitrogen and oxygen atoms in total. The van der Waals surface area contributed by atoms with E-state index in [1.165, 1.54) is 16.8 Å². The van der Waals surface area contributed by atoms with Gasteiger partial charge in [0.15, 0.2) is 0 Å². The first kappa shape index (κ1) is 15.4. The van der Waals surface area contributed by atoms with E-state index >= 15 is 0 Å². The molecule has 0 aliphatic rings. The molecule has 2 N–H and O–H groups in total. The number of nitrogens with zero attached hydrogens (tertiary/aromatic N) is 1. The molecule has 0 fully saturated rings. The average molecular weight is 284 g/mol. The maximum absolute atomic E-state index is 5.79. The van der Waals surface area contributed by atoms with Crippen molar-refractivity contribution in [3.63, 3.8) is 0 Å². The summed E-state index contributed by atoms with van der Waals surface area (Å²) < 4.78 is 5.79. The van der Waals surface area contributed by atoms with Crippen molar-refractivity contribution in [1.82, 2.24) is 0 Å². The zero-order chi connectivity index (χ0) is 15.1. The van der Waals surface area contributed by atoms with Crippen molar-refractivity contribution >= 4 is 5.69 Å². The molecule has 0 saturated heterocycles. The Morgan fingerprint density at radius 1 is 1.10 bits per heavy atom. The highest BCUT2D eigenvalue weighted by atomic mass is 16.5. The molecule has 0 aliphatic carbocycles. The topological polar surface area (TPSA) is 38.5 Å². The van der Waals surface area contributed by atoms with Gasteiger partial charge in [-0.15, -0.1) is 0 Å². The summed E-state index contributed by atoms with van der Waals surface area (Å²) in [4.78, 5) is 2.20. The summed E-state index contributed by atoms with van der Waals surface area (Å²) in [6.45, 7) is 4.31. The van der Waals surface area contributed by atoms with Crippen molar-refractivity contribution < 1.29 is 4.74 Å². The van der Waals surface area contributed by atoms with Crippen molar-refractivity contribution in [2.24, 2.45) is 5.73 Å². The van der Waals surface area contributed by atoms with Crippen LogP contribution in [-0.2, 0) is 6.42 Å². The van der Waals surface area contributed by atoms with Crippen LogP contribution >= 0.6 is 0 Å². The van der Waals surface area contributed by atoms with Crippen LogP contribution in [0.3, 0.4) is 0 Å². The van der Waals surface area contributed by atoms with Gasteiger partial charge in [-0.2, -0.15) is 0 Å². The minimum atomic E-state index is 0.667. The first-order chi connectivity index (χ1) is 10.2. The summed E-state index contributed by atoms with van der Waals surface area (Å²) in [5.74, 6) is 0.911. The highest BCUT2D eigenvalue weighted by Gasteiger charge is 2.01. The van der Waals surface area contributed by atoms with E-state index in [4.69, 9.17) is 10.5 Å². The lowest BCUT2D eigenvalue weighted by molar-refractivity contribution is 0.326. The number of aryl methyl sites for hydroxylation is 1. The molecule has 0 radical (unpaired) electrons. The number of hydrogen-bond acceptors (Lipinski definition) is 3. The maximum atomic E-state index is 5.79. The Hall–Kier alpha value is -2.00. The molecule has 0 bridgehead atoms. The fourth-order valence-corrected chi connectivity index (χ4v) is 2.21. The van der Waals surface area contributed by atoms with E-state index in [1.807, 2.05) is 12.1 Å². The molecule has 0 saturated carbocycles. The highest BCUT2D eigenvalue weighted by molar-refractivity contribution is 5.47. The molecule has 0 aromatic heterocycles. The molecule has 2 aromatic carbocycles. The fraction of sp³-hybridized carbons (Fsp3) is 0.333. The van der Waals surface area contributed by atoms with Gasteiger partial charge in [-0.1, -0.05) is 24.3 Å². The third kappa shape index (κ3) is 4.80. The number of likely N-dealkylation sites (N-methyl/N-ethyl adjacent to an activating group) is 1. The summed E-state index contributed by atoms with van der Waals surface area (Å²) in [5.41, 5.74) is 9.29. The highest BCUT2D eigenvalue weighted by Crippen LogP contribution is 2.15. The SMILES string of the molecule is Cc1cccc(N(C)CCOc2ccc(CCN)cc2)c1. The Labute approximate surface area is 127 Å². The van der Waals surface area contributed by atoms with E-state index in [2.05, 4.69) is 55.3 Å². The van der Waals surface area contributed by atoms with Crippen LogP contribution < -0.4 is 15.4 Å². The molecule has 112 valence electrons. The second kappa shape index (κ2) is 7.70. The van der Waals surface area contributed by atoms with Gasteiger partial charge in [0.25, 0.3) is 0 Å². The van der Waals surface area contributed by atoms with Crippen molar-refractivity contribution in [3.05, 3.63) is 59.7 Å². The Bertz CT molecular complexity index is 551. The number of nitrogens with two attached hydrogens (primary N) is 1. The van der Waals surface area contributed by atoms with Gasteiger partial charge in [0.05, 0.1) is 6.54 Å². The van der Waals surface area contributed by atoms with Crippen LogP contribution in [0, 0.1) is 6.92 Å².